The average Bonchev–Trinajstić information content (AvgIpc) is 2.88. The van der Waals surface area contributed by atoms with Gasteiger partial charge in [0, 0.05) is 41.2 Å². The van der Waals surface area contributed by atoms with E-state index in [0.29, 0.717) is 28.7 Å². The molecule has 3 aromatic rings. The first-order chi connectivity index (χ1) is 17.9. The summed E-state index contributed by atoms with van der Waals surface area (Å²) in [6, 6.07) is 17.6. The zero-order chi connectivity index (χ0) is 25.8. The summed E-state index contributed by atoms with van der Waals surface area (Å²) < 4.78 is 47.3. The number of quaternary nitrogens is 1. The first-order valence-electron chi connectivity index (χ1n) is 12.6. The zero-order valence-electron chi connectivity index (χ0n) is 20.5. The van der Waals surface area contributed by atoms with Gasteiger partial charge in [-0.3, -0.25) is 5.32 Å². The highest BCUT2D eigenvalue weighted by Gasteiger charge is 2.47. The normalized spacial score (nSPS) is 22.6. The summed E-state index contributed by atoms with van der Waals surface area (Å²) in [6.45, 7) is 3.65. The maximum atomic E-state index is 14.0. The van der Waals surface area contributed by atoms with E-state index in [9.17, 15) is 18.0 Å². The van der Waals surface area contributed by atoms with Crippen LogP contribution in [0.2, 0.25) is 0 Å². The van der Waals surface area contributed by atoms with Crippen molar-refractivity contribution in [1.82, 2.24) is 0 Å². The van der Waals surface area contributed by atoms with Gasteiger partial charge in [0.2, 0.25) is 0 Å². The number of carbonyl (C=O) groups excluding carboxylic acids is 1. The number of nitrogens with zero attached hydrogens (tertiary/aromatic N) is 1. The summed E-state index contributed by atoms with van der Waals surface area (Å²) in [4.78, 5) is 13.4. The maximum absolute atomic E-state index is 14.0. The molecule has 0 radical (unpaired) electrons. The molecule has 1 unspecified atom stereocenters. The van der Waals surface area contributed by atoms with Gasteiger partial charge in [-0.1, -0.05) is 30.3 Å². The lowest BCUT2D eigenvalue weighted by molar-refractivity contribution is -0.943. The van der Waals surface area contributed by atoms with Crippen LogP contribution >= 0.6 is 11.8 Å². The van der Waals surface area contributed by atoms with Crippen molar-refractivity contribution in [1.29, 1.82) is 0 Å². The number of halogens is 3. The van der Waals surface area contributed by atoms with Gasteiger partial charge in [-0.05, 0) is 47.9 Å². The van der Waals surface area contributed by atoms with Crippen molar-refractivity contribution in [3.05, 3.63) is 95.3 Å². The molecule has 4 nitrogen and oxygen atoms in total. The molecule has 194 valence electrons. The van der Waals surface area contributed by atoms with Crippen LogP contribution in [0.5, 0.6) is 0 Å². The summed E-state index contributed by atoms with van der Waals surface area (Å²) in [7, 11) is 0. The second-order valence-electron chi connectivity index (χ2n) is 9.98. The van der Waals surface area contributed by atoms with Crippen LogP contribution in [0.3, 0.4) is 0 Å². The molecular formula is C29H30F3N2O2S+. The van der Waals surface area contributed by atoms with E-state index in [0.717, 1.165) is 60.7 Å². The Kier molecular flexibility index (Phi) is 7.76. The van der Waals surface area contributed by atoms with Crippen molar-refractivity contribution >= 4 is 23.5 Å². The average molecular weight is 528 g/mol. The van der Waals surface area contributed by atoms with E-state index in [2.05, 4.69) is 5.32 Å². The van der Waals surface area contributed by atoms with E-state index < -0.39 is 17.7 Å². The van der Waals surface area contributed by atoms with Crippen LogP contribution in [0.15, 0.2) is 71.6 Å². The number of rotatable bonds is 8. The number of amides is 1. The Morgan fingerprint density at radius 2 is 1.70 bits per heavy atom. The van der Waals surface area contributed by atoms with E-state index in [1.807, 2.05) is 24.3 Å². The molecule has 3 heterocycles. The SMILES string of the molecule is O=C(Nc1ccccc1Cc1ccc(F)cc1)OC1C[N+]2(CCSc3ccc(F)cc3F)CCC1CC2. The minimum absolute atomic E-state index is 0.167. The highest BCUT2D eigenvalue weighted by Crippen LogP contribution is 2.36. The van der Waals surface area contributed by atoms with Crippen molar-refractivity contribution in [3.63, 3.8) is 0 Å². The Bertz CT molecular complexity index is 1250. The molecule has 0 spiro atoms. The molecule has 8 heteroatoms. The van der Waals surface area contributed by atoms with Gasteiger partial charge >= 0.3 is 6.09 Å². The standard InChI is InChI=1S/C29H29F3N2O2S/c30-23-7-5-20(6-8-23)17-22-3-1-2-4-26(22)33-29(35)36-27-19-34(13-11-21(27)12-14-34)15-16-37-28-10-9-24(31)18-25(28)32/h1-10,18,21,27H,11-17,19H2/p+1. The van der Waals surface area contributed by atoms with Crippen LogP contribution in [0.1, 0.15) is 24.0 Å². The fourth-order valence-corrected chi connectivity index (χ4v) is 6.57. The Balaban J connectivity index is 1.17. The molecule has 37 heavy (non-hydrogen) atoms. The van der Waals surface area contributed by atoms with Crippen LogP contribution in [0, 0.1) is 23.4 Å². The summed E-state index contributed by atoms with van der Waals surface area (Å²) in [5.41, 5.74) is 2.56. The van der Waals surface area contributed by atoms with Gasteiger partial charge in [0.05, 0.1) is 19.6 Å². The van der Waals surface area contributed by atoms with Gasteiger partial charge in [0.25, 0.3) is 0 Å². The number of anilines is 1. The lowest BCUT2D eigenvalue weighted by atomic mass is 9.83. The van der Waals surface area contributed by atoms with Crippen molar-refractivity contribution in [2.75, 3.05) is 37.2 Å². The fourth-order valence-electron chi connectivity index (χ4n) is 5.51. The lowest BCUT2D eigenvalue weighted by Gasteiger charge is -2.52. The first-order valence-corrected chi connectivity index (χ1v) is 13.6. The van der Waals surface area contributed by atoms with Gasteiger partial charge in [0.15, 0.2) is 6.10 Å². The number of fused-ring (bicyclic) bond motifs is 3. The smallest absolute Gasteiger partial charge is 0.412 e. The number of benzene rings is 3. The predicted octanol–water partition coefficient (Wildman–Crippen LogP) is 6.64. The predicted molar refractivity (Wildman–Crippen MR) is 139 cm³/mol. The van der Waals surface area contributed by atoms with Crippen molar-refractivity contribution in [2.24, 2.45) is 5.92 Å². The van der Waals surface area contributed by atoms with E-state index >= 15 is 0 Å². The molecule has 3 fully saturated rings. The lowest BCUT2D eigenvalue weighted by Crippen LogP contribution is -2.65. The molecule has 3 saturated heterocycles. The van der Waals surface area contributed by atoms with E-state index in [1.165, 1.54) is 36.0 Å². The highest BCUT2D eigenvalue weighted by atomic mass is 32.2. The van der Waals surface area contributed by atoms with Crippen LogP contribution in [0.25, 0.3) is 0 Å². The third-order valence-corrected chi connectivity index (χ3v) is 8.61. The Hall–Kier alpha value is -2.97. The summed E-state index contributed by atoms with van der Waals surface area (Å²) in [6.07, 6.45) is 1.92. The van der Waals surface area contributed by atoms with E-state index in [1.54, 1.807) is 12.1 Å². The molecule has 3 aliphatic heterocycles. The molecule has 1 atom stereocenters. The quantitative estimate of drug-likeness (QED) is 0.264. The second-order valence-corrected chi connectivity index (χ2v) is 11.1. The number of carbonyl (C=O) groups is 1. The molecule has 6 rings (SSSR count). The number of thioether (sulfide) groups is 1. The molecule has 0 aromatic heterocycles. The van der Waals surface area contributed by atoms with Gasteiger partial charge in [0.1, 0.15) is 24.0 Å². The molecular weight excluding hydrogens is 497 g/mol. The molecule has 1 N–H and O–H groups in total. The van der Waals surface area contributed by atoms with Crippen molar-refractivity contribution < 1.29 is 27.2 Å². The monoisotopic (exact) mass is 527 g/mol. The van der Waals surface area contributed by atoms with Crippen LogP contribution in [0.4, 0.5) is 23.7 Å². The topological polar surface area (TPSA) is 38.3 Å². The molecule has 3 aliphatic rings. The number of piperidine rings is 3. The number of hydrogen-bond acceptors (Lipinski definition) is 3. The van der Waals surface area contributed by atoms with Crippen molar-refractivity contribution in [3.8, 4) is 0 Å². The van der Waals surface area contributed by atoms with Gasteiger partial charge in [-0.25, -0.2) is 18.0 Å². The Labute approximate surface area is 219 Å². The van der Waals surface area contributed by atoms with E-state index in [4.69, 9.17) is 4.74 Å². The minimum Gasteiger partial charge on any atom is -0.440 e. The second kappa shape index (κ2) is 11.2. The van der Waals surface area contributed by atoms with Crippen molar-refractivity contribution in [2.45, 2.75) is 30.3 Å². The Morgan fingerprint density at radius 1 is 0.973 bits per heavy atom. The van der Waals surface area contributed by atoms with Crippen LogP contribution < -0.4 is 5.32 Å². The van der Waals surface area contributed by atoms with Gasteiger partial charge < -0.3 is 9.22 Å². The largest absolute Gasteiger partial charge is 0.440 e. The number of ether oxygens (including phenoxy) is 1. The zero-order valence-corrected chi connectivity index (χ0v) is 21.3. The minimum atomic E-state index is -0.571. The summed E-state index contributed by atoms with van der Waals surface area (Å²) in [5.74, 6) is -0.318. The molecule has 2 bridgehead atoms. The first kappa shape index (κ1) is 25.7. The number of para-hydroxylation sites is 1. The molecule has 3 aromatic carbocycles. The van der Waals surface area contributed by atoms with Crippen LogP contribution in [-0.4, -0.2) is 48.6 Å². The number of nitrogens with one attached hydrogen (secondary N) is 1. The van der Waals surface area contributed by atoms with Gasteiger partial charge in [-0.2, -0.15) is 0 Å². The third kappa shape index (κ3) is 6.30. The molecule has 1 amide bonds. The van der Waals surface area contributed by atoms with Gasteiger partial charge in [-0.15, -0.1) is 11.8 Å². The van der Waals surface area contributed by atoms with E-state index in [-0.39, 0.29) is 11.9 Å². The fraction of sp³-hybridized carbons (Fsp3) is 0.345. The number of hydrogen-bond donors (Lipinski definition) is 1. The maximum Gasteiger partial charge on any atom is 0.412 e. The Morgan fingerprint density at radius 3 is 2.46 bits per heavy atom. The summed E-state index contributed by atoms with van der Waals surface area (Å²) >= 11 is 1.40. The highest BCUT2D eigenvalue weighted by molar-refractivity contribution is 7.99. The third-order valence-electron chi connectivity index (χ3n) is 7.58. The molecule has 0 aliphatic carbocycles. The van der Waals surface area contributed by atoms with Crippen LogP contribution in [-0.2, 0) is 11.2 Å². The molecule has 0 saturated carbocycles. The summed E-state index contributed by atoms with van der Waals surface area (Å²) in [5, 5.41) is 2.92.